The van der Waals surface area contributed by atoms with Crippen molar-refractivity contribution in [3.63, 3.8) is 0 Å². The van der Waals surface area contributed by atoms with E-state index in [1.165, 1.54) is 6.07 Å². The fourth-order valence-electron chi connectivity index (χ4n) is 2.48. The number of nitrogens with zero attached hydrogens (tertiary/aromatic N) is 3. The Kier molecular flexibility index (Phi) is 4.85. The average Bonchev–Trinajstić information content (AvgIpc) is 2.46. The minimum absolute atomic E-state index is 0.0279. The van der Waals surface area contributed by atoms with Crippen LogP contribution in [0.25, 0.3) is 0 Å². The number of benzene rings is 1. The Balaban J connectivity index is 2.18. The van der Waals surface area contributed by atoms with Gasteiger partial charge in [0.15, 0.2) is 5.75 Å². The maximum absolute atomic E-state index is 11.3. The van der Waals surface area contributed by atoms with Crippen LogP contribution in [0, 0.1) is 10.1 Å². The van der Waals surface area contributed by atoms with Crippen LogP contribution in [-0.2, 0) is 4.79 Å². The van der Waals surface area contributed by atoms with E-state index in [2.05, 4.69) is 4.90 Å². The summed E-state index contributed by atoms with van der Waals surface area (Å²) in [7, 11) is 0. The minimum Gasteiger partial charge on any atom is -0.484 e. The standard InChI is InChI=1S/C15H21N3O4/c1-11(2)22-15-10-13(4-5-14(15)18(20)21)17-8-6-16(7-9-17)12(3)19/h4-5,10-11H,6-9H2,1-3H3. The number of hydrogen-bond donors (Lipinski definition) is 0. The number of carbonyl (C=O) groups is 1. The van der Waals surface area contributed by atoms with Crippen LogP contribution < -0.4 is 9.64 Å². The molecule has 0 spiro atoms. The first-order chi connectivity index (χ1) is 10.4. The average molecular weight is 307 g/mol. The van der Waals surface area contributed by atoms with E-state index in [4.69, 9.17) is 4.74 Å². The predicted octanol–water partition coefficient (Wildman–Crippen LogP) is 2.05. The highest BCUT2D eigenvalue weighted by Crippen LogP contribution is 2.32. The summed E-state index contributed by atoms with van der Waals surface area (Å²) in [5, 5.41) is 11.1. The van der Waals surface area contributed by atoms with Gasteiger partial charge in [-0.3, -0.25) is 14.9 Å². The lowest BCUT2D eigenvalue weighted by Crippen LogP contribution is -2.48. The molecular weight excluding hydrogens is 286 g/mol. The van der Waals surface area contributed by atoms with Crippen LogP contribution in [0.5, 0.6) is 5.75 Å². The number of anilines is 1. The zero-order chi connectivity index (χ0) is 16.3. The van der Waals surface area contributed by atoms with Crippen molar-refractivity contribution in [1.29, 1.82) is 0 Å². The van der Waals surface area contributed by atoms with E-state index in [9.17, 15) is 14.9 Å². The van der Waals surface area contributed by atoms with Crippen molar-refractivity contribution in [3.8, 4) is 5.75 Å². The van der Waals surface area contributed by atoms with Gasteiger partial charge in [-0.1, -0.05) is 0 Å². The monoisotopic (exact) mass is 307 g/mol. The Hall–Kier alpha value is -2.31. The third-order valence-electron chi connectivity index (χ3n) is 3.59. The number of amides is 1. The van der Waals surface area contributed by atoms with Gasteiger partial charge in [0.05, 0.1) is 11.0 Å². The highest BCUT2D eigenvalue weighted by Gasteiger charge is 2.22. The summed E-state index contributed by atoms with van der Waals surface area (Å²) < 4.78 is 5.56. The SMILES string of the molecule is CC(=O)N1CCN(c2ccc([N+](=O)[O-])c(OC(C)C)c2)CC1. The molecule has 0 radical (unpaired) electrons. The topological polar surface area (TPSA) is 75.9 Å². The maximum Gasteiger partial charge on any atom is 0.311 e. The molecule has 22 heavy (non-hydrogen) atoms. The van der Waals surface area contributed by atoms with Gasteiger partial charge in [0.1, 0.15) is 0 Å². The molecule has 0 N–H and O–H groups in total. The summed E-state index contributed by atoms with van der Waals surface area (Å²) in [6.07, 6.45) is -0.136. The lowest BCUT2D eigenvalue weighted by atomic mass is 10.2. The number of rotatable bonds is 4. The Morgan fingerprint density at radius 1 is 1.27 bits per heavy atom. The molecule has 0 aliphatic carbocycles. The Morgan fingerprint density at radius 3 is 2.41 bits per heavy atom. The summed E-state index contributed by atoms with van der Waals surface area (Å²) >= 11 is 0. The summed E-state index contributed by atoms with van der Waals surface area (Å²) in [5.74, 6) is 0.360. The summed E-state index contributed by atoms with van der Waals surface area (Å²) in [4.78, 5) is 25.9. The molecule has 1 amide bonds. The van der Waals surface area contributed by atoms with Gasteiger partial charge in [0.2, 0.25) is 5.91 Å². The number of hydrogen-bond acceptors (Lipinski definition) is 5. The second-order valence-corrected chi connectivity index (χ2v) is 5.57. The van der Waals surface area contributed by atoms with Gasteiger partial charge in [-0.15, -0.1) is 0 Å². The molecule has 120 valence electrons. The van der Waals surface area contributed by atoms with Crippen molar-refractivity contribution >= 4 is 17.3 Å². The quantitative estimate of drug-likeness (QED) is 0.628. The molecule has 0 aromatic heterocycles. The molecule has 7 nitrogen and oxygen atoms in total. The van der Waals surface area contributed by atoms with Crippen LogP contribution in [0.2, 0.25) is 0 Å². The fraction of sp³-hybridized carbons (Fsp3) is 0.533. The van der Waals surface area contributed by atoms with E-state index in [0.717, 1.165) is 5.69 Å². The lowest BCUT2D eigenvalue weighted by Gasteiger charge is -2.35. The zero-order valence-corrected chi connectivity index (χ0v) is 13.1. The molecule has 0 unspecified atom stereocenters. The normalized spacial score (nSPS) is 15.1. The molecule has 1 fully saturated rings. The Bertz CT molecular complexity index is 566. The van der Waals surface area contributed by atoms with Crippen molar-refractivity contribution in [2.24, 2.45) is 0 Å². The molecule has 1 saturated heterocycles. The van der Waals surface area contributed by atoms with Crippen LogP contribution in [-0.4, -0.2) is 48.0 Å². The highest BCUT2D eigenvalue weighted by atomic mass is 16.6. The molecule has 0 atom stereocenters. The fourth-order valence-corrected chi connectivity index (χ4v) is 2.48. The third kappa shape index (κ3) is 3.66. The molecule has 0 bridgehead atoms. The summed E-state index contributed by atoms with van der Waals surface area (Å²) in [6, 6.07) is 4.92. The molecule has 1 aliphatic rings. The van der Waals surface area contributed by atoms with Crippen molar-refractivity contribution in [1.82, 2.24) is 4.90 Å². The zero-order valence-electron chi connectivity index (χ0n) is 13.1. The lowest BCUT2D eigenvalue weighted by molar-refractivity contribution is -0.386. The largest absolute Gasteiger partial charge is 0.484 e. The van der Waals surface area contributed by atoms with Crippen molar-refractivity contribution in [2.45, 2.75) is 26.9 Å². The number of nitro benzene ring substituents is 1. The van der Waals surface area contributed by atoms with E-state index in [1.807, 2.05) is 13.8 Å². The van der Waals surface area contributed by atoms with Crippen LogP contribution in [0.1, 0.15) is 20.8 Å². The van der Waals surface area contributed by atoms with Crippen molar-refractivity contribution in [3.05, 3.63) is 28.3 Å². The van der Waals surface area contributed by atoms with Gasteiger partial charge < -0.3 is 14.5 Å². The van der Waals surface area contributed by atoms with E-state index in [0.29, 0.717) is 26.2 Å². The predicted molar refractivity (Wildman–Crippen MR) is 83.3 cm³/mol. The van der Waals surface area contributed by atoms with Crippen molar-refractivity contribution < 1.29 is 14.5 Å². The van der Waals surface area contributed by atoms with E-state index >= 15 is 0 Å². The Morgan fingerprint density at radius 2 is 1.91 bits per heavy atom. The molecule has 1 aliphatic heterocycles. The van der Waals surface area contributed by atoms with Crippen molar-refractivity contribution in [2.75, 3.05) is 31.1 Å². The molecule has 1 heterocycles. The smallest absolute Gasteiger partial charge is 0.311 e. The first-order valence-corrected chi connectivity index (χ1v) is 7.34. The molecule has 1 aromatic carbocycles. The van der Waals surface area contributed by atoms with E-state index in [1.54, 1.807) is 24.0 Å². The number of nitro groups is 1. The van der Waals surface area contributed by atoms with E-state index in [-0.39, 0.29) is 23.4 Å². The number of ether oxygens (including phenoxy) is 1. The summed E-state index contributed by atoms with van der Waals surface area (Å²) in [6.45, 7) is 7.97. The highest BCUT2D eigenvalue weighted by molar-refractivity contribution is 5.73. The number of carbonyl (C=O) groups excluding carboxylic acids is 1. The first-order valence-electron chi connectivity index (χ1n) is 7.34. The molecule has 0 saturated carbocycles. The Labute approximate surface area is 129 Å². The molecule has 7 heteroatoms. The first kappa shape index (κ1) is 16.1. The van der Waals surface area contributed by atoms with Gasteiger partial charge >= 0.3 is 5.69 Å². The second kappa shape index (κ2) is 6.64. The second-order valence-electron chi connectivity index (χ2n) is 5.57. The summed E-state index contributed by atoms with van der Waals surface area (Å²) in [5.41, 5.74) is 0.851. The van der Waals surface area contributed by atoms with Gasteiger partial charge in [-0.05, 0) is 19.9 Å². The maximum atomic E-state index is 11.3. The van der Waals surface area contributed by atoms with Crippen LogP contribution in [0.3, 0.4) is 0 Å². The van der Waals surface area contributed by atoms with Gasteiger partial charge in [-0.2, -0.15) is 0 Å². The van der Waals surface area contributed by atoms with Gasteiger partial charge in [0.25, 0.3) is 0 Å². The van der Waals surface area contributed by atoms with Crippen LogP contribution >= 0.6 is 0 Å². The molecular formula is C15H21N3O4. The van der Waals surface area contributed by atoms with Crippen LogP contribution in [0.15, 0.2) is 18.2 Å². The number of piperazine rings is 1. The van der Waals surface area contributed by atoms with E-state index < -0.39 is 4.92 Å². The third-order valence-corrected chi connectivity index (χ3v) is 3.59. The van der Waals surface area contributed by atoms with Gasteiger partial charge in [0, 0.05) is 50.9 Å². The minimum atomic E-state index is -0.435. The molecule has 1 aromatic rings. The van der Waals surface area contributed by atoms with Crippen LogP contribution in [0.4, 0.5) is 11.4 Å². The van der Waals surface area contributed by atoms with Gasteiger partial charge in [-0.25, -0.2) is 0 Å². The molecule has 2 rings (SSSR count).